The predicted octanol–water partition coefficient (Wildman–Crippen LogP) is 3.61. The highest BCUT2D eigenvalue weighted by Gasteiger charge is 2.22. The van der Waals surface area contributed by atoms with E-state index in [1.807, 2.05) is 13.8 Å². The van der Waals surface area contributed by atoms with Crippen LogP contribution in [0, 0.1) is 13.8 Å². The number of thiophene rings is 1. The average Bonchev–Trinajstić information content (AvgIpc) is 3.10. The first-order chi connectivity index (χ1) is 10.4. The maximum absolute atomic E-state index is 5.56. The number of hydrogen-bond donors (Lipinski definition) is 2. The number of oxazole rings is 1. The predicted molar refractivity (Wildman–Crippen MR) is 107 cm³/mol. The summed E-state index contributed by atoms with van der Waals surface area (Å²) < 4.78 is 5.56. The van der Waals surface area contributed by atoms with Gasteiger partial charge in [-0.15, -0.1) is 35.3 Å². The molecule has 0 radical (unpaired) electrons. The van der Waals surface area contributed by atoms with Gasteiger partial charge in [-0.3, -0.25) is 4.99 Å². The largest absolute Gasteiger partial charge is 0.444 e. The summed E-state index contributed by atoms with van der Waals surface area (Å²) in [6.45, 7) is 9.63. The smallest absolute Gasteiger partial charge is 0.214 e. The van der Waals surface area contributed by atoms with E-state index in [0.29, 0.717) is 12.4 Å². The van der Waals surface area contributed by atoms with E-state index < -0.39 is 0 Å². The molecule has 128 valence electrons. The molecule has 2 aromatic rings. The van der Waals surface area contributed by atoms with Gasteiger partial charge in [-0.05, 0) is 25.3 Å². The molecule has 0 amide bonds. The van der Waals surface area contributed by atoms with Crippen LogP contribution < -0.4 is 10.6 Å². The summed E-state index contributed by atoms with van der Waals surface area (Å²) in [5.41, 5.74) is 0.987. The normalized spacial score (nSPS) is 12.0. The molecule has 0 aliphatic carbocycles. The Morgan fingerprint density at radius 1 is 1.35 bits per heavy atom. The van der Waals surface area contributed by atoms with Crippen molar-refractivity contribution in [2.45, 2.75) is 39.7 Å². The van der Waals surface area contributed by atoms with Crippen LogP contribution in [-0.4, -0.2) is 24.5 Å². The zero-order valence-electron chi connectivity index (χ0n) is 14.3. The lowest BCUT2D eigenvalue weighted by Gasteiger charge is -2.24. The Morgan fingerprint density at radius 2 is 2.09 bits per heavy atom. The summed E-state index contributed by atoms with van der Waals surface area (Å²) in [5, 5.41) is 8.70. The van der Waals surface area contributed by atoms with Crippen LogP contribution >= 0.6 is 35.3 Å². The summed E-state index contributed by atoms with van der Waals surface area (Å²) in [6.07, 6.45) is 0. The Bertz CT molecular complexity index is 615. The zero-order valence-corrected chi connectivity index (χ0v) is 17.4. The van der Waals surface area contributed by atoms with Crippen molar-refractivity contribution in [1.82, 2.24) is 15.6 Å². The van der Waals surface area contributed by atoms with Crippen LogP contribution in [0.4, 0.5) is 0 Å². The van der Waals surface area contributed by atoms with Crippen LogP contribution in [-0.2, 0) is 12.0 Å². The quantitative estimate of drug-likeness (QED) is 0.417. The third-order valence-electron chi connectivity index (χ3n) is 3.59. The van der Waals surface area contributed by atoms with Gasteiger partial charge in [0.15, 0.2) is 5.96 Å². The molecule has 0 fully saturated rings. The third kappa shape index (κ3) is 5.49. The first-order valence-corrected chi connectivity index (χ1v) is 8.22. The number of hydrogen-bond acceptors (Lipinski definition) is 4. The number of rotatable bonds is 5. The van der Waals surface area contributed by atoms with E-state index in [4.69, 9.17) is 4.42 Å². The number of halogens is 1. The molecular weight excluding hydrogens is 423 g/mol. The Balaban J connectivity index is 0.00000264. The van der Waals surface area contributed by atoms with Crippen LogP contribution in [0.5, 0.6) is 0 Å². The fourth-order valence-electron chi connectivity index (χ4n) is 2.05. The molecule has 5 nitrogen and oxygen atoms in total. The van der Waals surface area contributed by atoms with Gasteiger partial charge >= 0.3 is 0 Å². The van der Waals surface area contributed by atoms with Gasteiger partial charge in [0, 0.05) is 23.9 Å². The van der Waals surface area contributed by atoms with Crippen molar-refractivity contribution in [3.63, 3.8) is 0 Å². The van der Waals surface area contributed by atoms with Crippen molar-refractivity contribution in [3.8, 4) is 0 Å². The van der Waals surface area contributed by atoms with E-state index in [1.165, 1.54) is 4.88 Å². The van der Waals surface area contributed by atoms with Gasteiger partial charge in [0.25, 0.3) is 0 Å². The van der Waals surface area contributed by atoms with Crippen molar-refractivity contribution < 1.29 is 4.42 Å². The van der Waals surface area contributed by atoms with Gasteiger partial charge in [-0.25, -0.2) is 4.98 Å². The Hall–Kier alpha value is -1.09. The number of guanidine groups is 1. The van der Waals surface area contributed by atoms with Crippen molar-refractivity contribution >= 4 is 41.3 Å². The Labute approximate surface area is 159 Å². The van der Waals surface area contributed by atoms with Crippen molar-refractivity contribution in [1.29, 1.82) is 0 Å². The zero-order chi connectivity index (χ0) is 16.2. The molecule has 0 atom stereocenters. The van der Waals surface area contributed by atoms with Gasteiger partial charge in [0.05, 0.1) is 12.2 Å². The second-order valence-corrected chi connectivity index (χ2v) is 6.84. The fourth-order valence-corrected chi connectivity index (χ4v) is 2.90. The monoisotopic (exact) mass is 448 g/mol. The number of aliphatic imine (C=N–C) groups is 1. The summed E-state index contributed by atoms with van der Waals surface area (Å²) >= 11 is 1.78. The van der Waals surface area contributed by atoms with Gasteiger partial charge < -0.3 is 15.1 Å². The van der Waals surface area contributed by atoms with Gasteiger partial charge in [-0.2, -0.15) is 0 Å². The first-order valence-electron chi connectivity index (χ1n) is 7.34. The Kier molecular flexibility index (Phi) is 7.53. The molecule has 2 N–H and O–H groups in total. The SMILES string of the molecule is CN=C(NCc1nc(C)c(C)o1)NCC(C)(C)c1cccs1.I. The lowest BCUT2D eigenvalue weighted by molar-refractivity contribution is 0.462. The van der Waals surface area contributed by atoms with E-state index in [9.17, 15) is 0 Å². The number of aromatic nitrogens is 1. The van der Waals surface area contributed by atoms with Gasteiger partial charge in [0.1, 0.15) is 5.76 Å². The van der Waals surface area contributed by atoms with E-state index in [0.717, 1.165) is 24.0 Å². The highest BCUT2D eigenvalue weighted by Crippen LogP contribution is 2.26. The molecule has 0 saturated carbocycles. The van der Waals surface area contributed by atoms with Crippen LogP contribution in [0.15, 0.2) is 26.9 Å². The molecule has 0 aliphatic heterocycles. The molecule has 0 saturated heterocycles. The maximum Gasteiger partial charge on any atom is 0.214 e. The molecule has 0 spiro atoms. The molecule has 0 aliphatic rings. The third-order valence-corrected chi connectivity index (χ3v) is 4.83. The van der Waals surface area contributed by atoms with Gasteiger partial charge in [-0.1, -0.05) is 19.9 Å². The molecule has 2 rings (SSSR count). The van der Waals surface area contributed by atoms with E-state index in [2.05, 4.69) is 52.0 Å². The van der Waals surface area contributed by atoms with Crippen LogP contribution in [0.25, 0.3) is 0 Å². The highest BCUT2D eigenvalue weighted by molar-refractivity contribution is 14.0. The minimum atomic E-state index is 0. The topological polar surface area (TPSA) is 62.5 Å². The molecule has 7 heteroatoms. The molecule has 0 unspecified atom stereocenters. The molecular formula is C16H25IN4OS. The van der Waals surface area contributed by atoms with E-state index >= 15 is 0 Å². The second-order valence-electron chi connectivity index (χ2n) is 5.89. The molecule has 0 bridgehead atoms. The Morgan fingerprint density at radius 3 is 2.61 bits per heavy atom. The minimum Gasteiger partial charge on any atom is -0.444 e. The minimum absolute atomic E-state index is 0. The number of nitrogens with zero attached hydrogens (tertiary/aromatic N) is 2. The lowest BCUT2D eigenvalue weighted by Crippen LogP contribution is -2.43. The lowest BCUT2D eigenvalue weighted by atomic mass is 9.91. The molecule has 0 aromatic carbocycles. The molecule has 2 aromatic heterocycles. The molecule has 23 heavy (non-hydrogen) atoms. The average molecular weight is 448 g/mol. The number of aryl methyl sites for hydroxylation is 2. The summed E-state index contributed by atoms with van der Waals surface area (Å²) in [4.78, 5) is 9.96. The van der Waals surface area contributed by atoms with Crippen molar-refractivity contribution in [2.75, 3.05) is 13.6 Å². The van der Waals surface area contributed by atoms with Gasteiger partial charge in [0.2, 0.25) is 5.89 Å². The second kappa shape index (κ2) is 8.68. The van der Waals surface area contributed by atoms with Crippen LogP contribution in [0.1, 0.15) is 36.1 Å². The summed E-state index contributed by atoms with van der Waals surface area (Å²) in [6, 6.07) is 4.25. The van der Waals surface area contributed by atoms with Crippen molar-refractivity contribution in [2.24, 2.45) is 4.99 Å². The van der Waals surface area contributed by atoms with Crippen LogP contribution in [0.3, 0.4) is 0 Å². The standard InChI is InChI=1S/C16H24N4OS.HI/c1-11-12(2)21-14(20-11)9-18-15(17-5)19-10-16(3,4)13-7-6-8-22-13;/h6-8H,9-10H2,1-5H3,(H2,17,18,19);1H. The van der Waals surface area contributed by atoms with E-state index in [1.54, 1.807) is 18.4 Å². The first kappa shape index (κ1) is 20.0. The summed E-state index contributed by atoms with van der Waals surface area (Å²) in [5.74, 6) is 2.28. The maximum atomic E-state index is 5.56. The fraction of sp³-hybridized carbons (Fsp3) is 0.500. The van der Waals surface area contributed by atoms with E-state index in [-0.39, 0.29) is 29.4 Å². The highest BCUT2D eigenvalue weighted by atomic mass is 127. The number of nitrogens with one attached hydrogen (secondary N) is 2. The van der Waals surface area contributed by atoms with Crippen molar-refractivity contribution in [3.05, 3.63) is 39.7 Å². The summed E-state index contributed by atoms with van der Waals surface area (Å²) in [7, 11) is 1.76. The molecule has 2 heterocycles. The van der Waals surface area contributed by atoms with Crippen LogP contribution in [0.2, 0.25) is 0 Å².